The summed E-state index contributed by atoms with van der Waals surface area (Å²) in [4.78, 5) is 11.9. The summed E-state index contributed by atoms with van der Waals surface area (Å²) in [5.41, 5.74) is 0.152. The van der Waals surface area contributed by atoms with Gasteiger partial charge in [0.1, 0.15) is 5.82 Å². The number of sulfone groups is 1. The van der Waals surface area contributed by atoms with E-state index in [9.17, 15) is 17.6 Å². The molecule has 1 amide bonds. The molecule has 0 saturated carbocycles. The van der Waals surface area contributed by atoms with Crippen molar-refractivity contribution < 1.29 is 17.6 Å². The highest BCUT2D eigenvalue weighted by Gasteiger charge is 2.37. The van der Waals surface area contributed by atoms with Gasteiger partial charge in [-0.25, -0.2) is 12.8 Å². The molecule has 8 heteroatoms. The Morgan fingerprint density at radius 2 is 2.05 bits per heavy atom. The van der Waals surface area contributed by atoms with Crippen molar-refractivity contribution in [1.82, 2.24) is 5.32 Å². The Kier molecular flexibility index (Phi) is 4.03. The SMILES string of the molecule is O=C(NC1CS(=O)(=O)CC1Cl)c1ccc(F)c(Cl)c1. The van der Waals surface area contributed by atoms with E-state index in [1.54, 1.807) is 0 Å². The van der Waals surface area contributed by atoms with Crippen LogP contribution in [0.1, 0.15) is 10.4 Å². The van der Waals surface area contributed by atoms with Gasteiger partial charge in [-0.2, -0.15) is 0 Å². The average Bonchev–Trinajstić information content (AvgIpc) is 2.55. The van der Waals surface area contributed by atoms with Crippen LogP contribution >= 0.6 is 23.2 Å². The predicted octanol–water partition coefficient (Wildman–Crippen LogP) is 1.61. The van der Waals surface area contributed by atoms with Gasteiger partial charge in [-0.1, -0.05) is 11.6 Å². The quantitative estimate of drug-likeness (QED) is 0.840. The van der Waals surface area contributed by atoms with Crippen molar-refractivity contribution in [2.75, 3.05) is 11.5 Å². The smallest absolute Gasteiger partial charge is 0.251 e. The Labute approximate surface area is 119 Å². The molecule has 1 aromatic carbocycles. The van der Waals surface area contributed by atoms with E-state index >= 15 is 0 Å². The fourth-order valence-corrected chi connectivity index (χ4v) is 4.56. The molecule has 0 spiro atoms. The summed E-state index contributed by atoms with van der Waals surface area (Å²) in [7, 11) is -3.22. The van der Waals surface area contributed by atoms with E-state index in [0.717, 1.165) is 6.07 Å². The Hall–Kier alpha value is -0.850. The van der Waals surface area contributed by atoms with Gasteiger partial charge in [0.25, 0.3) is 5.91 Å². The van der Waals surface area contributed by atoms with Gasteiger partial charge in [0.2, 0.25) is 0 Å². The summed E-state index contributed by atoms with van der Waals surface area (Å²) >= 11 is 11.4. The molecule has 0 radical (unpaired) electrons. The summed E-state index contributed by atoms with van der Waals surface area (Å²) < 4.78 is 35.7. The molecule has 2 unspecified atom stereocenters. The van der Waals surface area contributed by atoms with Crippen molar-refractivity contribution >= 4 is 38.9 Å². The second-order valence-electron chi connectivity index (χ2n) is 4.30. The summed E-state index contributed by atoms with van der Waals surface area (Å²) in [6, 6.07) is 2.87. The number of halogens is 3. The van der Waals surface area contributed by atoms with Crippen LogP contribution < -0.4 is 5.32 Å². The van der Waals surface area contributed by atoms with Crippen LogP contribution in [0.3, 0.4) is 0 Å². The number of carbonyl (C=O) groups is 1. The first kappa shape index (κ1) is 14.6. The summed E-state index contributed by atoms with van der Waals surface area (Å²) in [6.45, 7) is 0. The molecular formula is C11H10Cl2FNO3S. The molecule has 1 aliphatic rings. The molecule has 19 heavy (non-hydrogen) atoms. The molecule has 104 valence electrons. The molecule has 0 aromatic heterocycles. The van der Waals surface area contributed by atoms with Crippen molar-refractivity contribution in [3.63, 3.8) is 0 Å². The number of hydrogen-bond acceptors (Lipinski definition) is 3. The topological polar surface area (TPSA) is 63.2 Å². The van der Waals surface area contributed by atoms with Crippen LogP contribution in [0.4, 0.5) is 4.39 Å². The molecule has 1 saturated heterocycles. The highest BCUT2D eigenvalue weighted by atomic mass is 35.5. The van der Waals surface area contributed by atoms with Crippen LogP contribution in [0.25, 0.3) is 0 Å². The zero-order valence-corrected chi connectivity index (χ0v) is 11.9. The summed E-state index contributed by atoms with van der Waals surface area (Å²) in [5.74, 6) is -1.52. The van der Waals surface area contributed by atoms with Gasteiger partial charge < -0.3 is 5.32 Å². The van der Waals surface area contributed by atoms with Crippen LogP contribution in [0.5, 0.6) is 0 Å². The lowest BCUT2D eigenvalue weighted by atomic mass is 10.2. The summed E-state index contributed by atoms with van der Waals surface area (Å²) in [6.07, 6.45) is 0. The zero-order chi connectivity index (χ0) is 14.2. The number of carbonyl (C=O) groups excluding carboxylic acids is 1. The first-order valence-electron chi connectivity index (χ1n) is 5.39. The van der Waals surface area contributed by atoms with Crippen molar-refractivity contribution in [1.29, 1.82) is 0 Å². The maximum absolute atomic E-state index is 13.0. The lowest BCUT2D eigenvalue weighted by Crippen LogP contribution is -2.40. The largest absolute Gasteiger partial charge is 0.347 e. The van der Waals surface area contributed by atoms with E-state index in [1.807, 2.05) is 0 Å². The Bertz CT molecular complexity index is 620. The van der Waals surface area contributed by atoms with Crippen LogP contribution in [-0.2, 0) is 9.84 Å². The number of benzene rings is 1. The van der Waals surface area contributed by atoms with Gasteiger partial charge >= 0.3 is 0 Å². The molecular weight excluding hydrogens is 316 g/mol. The molecule has 2 rings (SSSR count). The van der Waals surface area contributed by atoms with Crippen LogP contribution in [-0.4, -0.2) is 37.2 Å². The number of nitrogens with one attached hydrogen (secondary N) is 1. The molecule has 0 bridgehead atoms. The van der Waals surface area contributed by atoms with Crippen molar-refractivity contribution in [2.24, 2.45) is 0 Å². The van der Waals surface area contributed by atoms with E-state index in [0.29, 0.717) is 0 Å². The van der Waals surface area contributed by atoms with Crippen LogP contribution in [0.15, 0.2) is 18.2 Å². The van der Waals surface area contributed by atoms with Crippen molar-refractivity contribution in [3.8, 4) is 0 Å². The Morgan fingerprint density at radius 1 is 1.37 bits per heavy atom. The van der Waals surface area contributed by atoms with Crippen molar-refractivity contribution in [3.05, 3.63) is 34.6 Å². The molecule has 4 nitrogen and oxygen atoms in total. The average molecular weight is 326 g/mol. The van der Waals surface area contributed by atoms with E-state index in [4.69, 9.17) is 23.2 Å². The van der Waals surface area contributed by atoms with E-state index in [1.165, 1.54) is 12.1 Å². The first-order chi connectivity index (χ1) is 8.78. The lowest BCUT2D eigenvalue weighted by molar-refractivity contribution is 0.0941. The second-order valence-corrected chi connectivity index (χ2v) is 7.42. The third kappa shape index (κ3) is 3.38. The number of rotatable bonds is 2. The monoisotopic (exact) mass is 325 g/mol. The number of amides is 1. The van der Waals surface area contributed by atoms with Gasteiger partial charge in [-0.3, -0.25) is 4.79 Å². The fraction of sp³-hybridized carbons (Fsp3) is 0.364. The van der Waals surface area contributed by atoms with Crippen LogP contribution in [0, 0.1) is 5.82 Å². The number of alkyl halides is 1. The third-order valence-corrected chi connectivity index (χ3v) is 5.45. The van der Waals surface area contributed by atoms with E-state index < -0.39 is 33.0 Å². The van der Waals surface area contributed by atoms with E-state index in [-0.39, 0.29) is 22.1 Å². The predicted molar refractivity (Wildman–Crippen MR) is 71.0 cm³/mol. The fourth-order valence-electron chi connectivity index (χ4n) is 1.83. The van der Waals surface area contributed by atoms with Crippen LogP contribution in [0.2, 0.25) is 5.02 Å². The van der Waals surface area contributed by atoms with Gasteiger partial charge in [0.15, 0.2) is 9.84 Å². The van der Waals surface area contributed by atoms with Crippen molar-refractivity contribution in [2.45, 2.75) is 11.4 Å². The third-order valence-electron chi connectivity index (χ3n) is 2.78. The van der Waals surface area contributed by atoms with Gasteiger partial charge in [0, 0.05) is 5.56 Å². The minimum Gasteiger partial charge on any atom is -0.347 e. The molecule has 2 atom stereocenters. The minimum atomic E-state index is -3.22. The van der Waals surface area contributed by atoms with Gasteiger partial charge in [0.05, 0.1) is 27.9 Å². The number of hydrogen-bond donors (Lipinski definition) is 1. The standard InChI is InChI=1S/C11H10Cl2FNO3S/c12-7-3-6(1-2-9(7)14)11(16)15-10-5-19(17,18)4-8(10)13/h1-3,8,10H,4-5H2,(H,15,16). The molecule has 1 fully saturated rings. The highest BCUT2D eigenvalue weighted by molar-refractivity contribution is 7.91. The first-order valence-corrected chi connectivity index (χ1v) is 8.02. The summed E-state index contributed by atoms with van der Waals surface area (Å²) in [5, 5.41) is 1.68. The molecule has 1 N–H and O–H groups in total. The Balaban J connectivity index is 2.11. The second kappa shape index (κ2) is 5.26. The molecule has 1 aromatic rings. The maximum Gasteiger partial charge on any atom is 0.251 e. The normalized spacial score (nSPS) is 25.2. The molecule has 1 aliphatic heterocycles. The van der Waals surface area contributed by atoms with E-state index in [2.05, 4.69) is 5.32 Å². The molecule has 1 heterocycles. The van der Waals surface area contributed by atoms with Gasteiger partial charge in [-0.05, 0) is 18.2 Å². The lowest BCUT2D eigenvalue weighted by Gasteiger charge is -2.14. The molecule has 0 aliphatic carbocycles. The highest BCUT2D eigenvalue weighted by Crippen LogP contribution is 2.20. The zero-order valence-electron chi connectivity index (χ0n) is 9.57. The Morgan fingerprint density at radius 3 is 2.58 bits per heavy atom. The minimum absolute atomic E-state index is 0.152. The maximum atomic E-state index is 13.0. The van der Waals surface area contributed by atoms with Gasteiger partial charge in [-0.15, -0.1) is 11.6 Å².